The number of methoxy groups -OCH3 is 1. The normalized spacial score (nSPS) is 10.2. The zero-order valence-electron chi connectivity index (χ0n) is 10.4. The lowest BCUT2D eigenvalue weighted by molar-refractivity contribution is 0.414. The summed E-state index contributed by atoms with van der Waals surface area (Å²) in [5.74, 6) is 0.331. The lowest BCUT2D eigenvalue weighted by atomic mass is 10.2. The molecule has 0 unspecified atom stereocenters. The summed E-state index contributed by atoms with van der Waals surface area (Å²) in [5, 5.41) is 3.04. The van der Waals surface area contributed by atoms with Crippen LogP contribution in [0.1, 0.15) is 11.1 Å². The molecule has 0 atom stereocenters. The topological polar surface area (TPSA) is 34.1 Å². The van der Waals surface area contributed by atoms with E-state index in [1.54, 1.807) is 31.6 Å². The van der Waals surface area contributed by atoms with Gasteiger partial charge in [-0.1, -0.05) is 6.07 Å². The van der Waals surface area contributed by atoms with Crippen LogP contribution < -0.4 is 10.1 Å². The first kappa shape index (κ1) is 12.4. The fourth-order valence-electron chi connectivity index (χ4n) is 1.68. The average Bonchev–Trinajstić information content (AvgIpc) is 2.38. The van der Waals surface area contributed by atoms with Gasteiger partial charge in [0.15, 0.2) is 0 Å². The van der Waals surface area contributed by atoms with Crippen LogP contribution in [0.2, 0.25) is 0 Å². The fourth-order valence-corrected chi connectivity index (χ4v) is 1.68. The number of ether oxygens (including phenoxy) is 1. The molecule has 0 radical (unpaired) electrons. The SMILES string of the molecule is COc1ccc(F)c(NCc2cncc(C)c2)c1. The van der Waals surface area contributed by atoms with Crippen LogP contribution in [-0.2, 0) is 6.54 Å². The van der Waals surface area contributed by atoms with Gasteiger partial charge in [0.25, 0.3) is 0 Å². The number of benzene rings is 1. The van der Waals surface area contributed by atoms with Crippen LogP contribution in [0.4, 0.5) is 10.1 Å². The number of hydrogen-bond donors (Lipinski definition) is 1. The number of pyridine rings is 1. The second kappa shape index (κ2) is 5.49. The Balaban J connectivity index is 2.10. The van der Waals surface area contributed by atoms with Crippen LogP contribution in [0, 0.1) is 12.7 Å². The maximum absolute atomic E-state index is 13.6. The third-order valence-electron chi connectivity index (χ3n) is 2.59. The number of anilines is 1. The van der Waals surface area contributed by atoms with E-state index in [1.165, 1.54) is 6.07 Å². The first-order valence-corrected chi connectivity index (χ1v) is 5.67. The predicted molar refractivity (Wildman–Crippen MR) is 69.3 cm³/mol. The molecule has 4 heteroatoms. The van der Waals surface area contributed by atoms with Gasteiger partial charge in [-0.2, -0.15) is 0 Å². The van der Waals surface area contributed by atoms with Crippen molar-refractivity contribution < 1.29 is 9.13 Å². The molecule has 0 saturated heterocycles. The predicted octanol–water partition coefficient (Wildman–Crippen LogP) is 3.15. The van der Waals surface area contributed by atoms with Gasteiger partial charge in [-0.05, 0) is 30.2 Å². The minimum absolute atomic E-state index is 0.295. The molecule has 1 aromatic heterocycles. The highest BCUT2D eigenvalue weighted by Crippen LogP contribution is 2.21. The lowest BCUT2D eigenvalue weighted by Crippen LogP contribution is -2.02. The molecule has 94 valence electrons. The van der Waals surface area contributed by atoms with Crippen LogP contribution in [0.25, 0.3) is 0 Å². The van der Waals surface area contributed by atoms with E-state index in [1.807, 2.05) is 13.0 Å². The Morgan fingerprint density at radius 2 is 2.11 bits per heavy atom. The summed E-state index contributed by atoms with van der Waals surface area (Å²) in [6, 6.07) is 6.63. The number of nitrogens with zero attached hydrogens (tertiary/aromatic N) is 1. The largest absolute Gasteiger partial charge is 0.497 e. The second-order valence-electron chi connectivity index (χ2n) is 4.07. The van der Waals surface area contributed by atoms with Crippen molar-refractivity contribution in [3.63, 3.8) is 0 Å². The summed E-state index contributed by atoms with van der Waals surface area (Å²) >= 11 is 0. The molecule has 2 rings (SSSR count). The minimum Gasteiger partial charge on any atom is -0.497 e. The molecule has 1 N–H and O–H groups in total. The first-order chi connectivity index (χ1) is 8.69. The van der Waals surface area contributed by atoms with Gasteiger partial charge in [0.2, 0.25) is 0 Å². The van der Waals surface area contributed by atoms with Gasteiger partial charge in [-0.3, -0.25) is 4.98 Å². The molecule has 3 nitrogen and oxygen atoms in total. The van der Waals surface area contributed by atoms with E-state index in [0.717, 1.165) is 11.1 Å². The second-order valence-corrected chi connectivity index (χ2v) is 4.07. The van der Waals surface area contributed by atoms with Crippen molar-refractivity contribution in [1.29, 1.82) is 0 Å². The van der Waals surface area contributed by atoms with E-state index in [2.05, 4.69) is 10.3 Å². The zero-order chi connectivity index (χ0) is 13.0. The molecule has 0 aliphatic rings. The Labute approximate surface area is 106 Å². The number of aryl methyl sites for hydroxylation is 1. The van der Waals surface area contributed by atoms with Crippen molar-refractivity contribution in [3.8, 4) is 5.75 Å². The van der Waals surface area contributed by atoms with E-state index in [9.17, 15) is 4.39 Å². The maximum Gasteiger partial charge on any atom is 0.146 e. The average molecular weight is 246 g/mol. The van der Waals surface area contributed by atoms with E-state index < -0.39 is 0 Å². The van der Waals surface area contributed by atoms with Crippen molar-refractivity contribution >= 4 is 5.69 Å². The Hall–Kier alpha value is -2.10. The van der Waals surface area contributed by atoms with E-state index in [-0.39, 0.29) is 5.82 Å². The summed E-state index contributed by atoms with van der Waals surface area (Å²) in [7, 11) is 1.56. The van der Waals surface area contributed by atoms with Crippen molar-refractivity contribution in [3.05, 3.63) is 53.6 Å². The Kier molecular flexibility index (Phi) is 3.77. The van der Waals surface area contributed by atoms with Gasteiger partial charge in [-0.15, -0.1) is 0 Å². The highest BCUT2D eigenvalue weighted by molar-refractivity contribution is 5.49. The van der Waals surface area contributed by atoms with Gasteiger partial charge >= 0.3 is 0 Å². The highest BCUT2D eigenvalue weighted by Gasteiger charge is 2.03. The number of nitrogens with one attached hydrogen (secondary N) is 1. The first-order valence-electron chi connectivity index (χ1n) is 5.67. The summed E-state index contributed by atoms with van der Waals surface area (Å²) in [5.41, 5.74) is 2.52. The lowest BCUT2D eigenvalue weighted by Gasteiger charge is -2.09. The van der Waals surface area contributed by atoms with Gasteiger partial charge in [-0.25, -0.2) is 4.39 Å². The zero-order valence-corrected chi connectivity index (χ0v) is 10.4. The smallest absolute Gasteiger partial charge is 0.146 e. The summed E-state index contributed by atoms with van der Waals surface area (Å²) in [6.45, 7) is 2.50. The van der Waals surface area contributed by atoms with Crippen molar-refractivity contribution in [1.82, 2.24) is 4.98 Å². The van der Waals surface area contributed by atoms with E-state index in [0.29, 0.717) is 18.0 Å². The highest BCUT2D eigenvalue weighted by atomic mass is 19.1. The summed E-state index contributed by atoms with van der Waals surface area (Å²) < 4.78 is 18.6. The molecule has 2 aromatic rings. The van der Waals surface area contributed by atoms with Crippen molar-refractivity contribution in [2.75, 3.05) is 12.4 Å². The Bertz CT molecular complexity index is 543. The molecule has 18 heavy (non-hydrogen) atoms. The van der Waals surface area contributed by atoms with Gasteiger partial charge in [0, 0.05) is 25.0 Å². The van der Waals surface area contributed by atoms with Crippen molar-refractivity contribution in [2.24, 2.45) is 0 Å². The molecule has 1 heterocycles. The van der Waals surface area contributed by atoms with Gasteiger partial charge < -0.3 is 10.1 Å². The summed E-state index contributed by atoms with van der Waals surface area (Å²) in [6.07, 6.45) is 3.55. The number of hydrogen-bond acceptors (Lipinski definition) is 3. The van der Waals surface area contributed by atoms with Crippen molar-refractivity contribution in [2.45, 2.75) is 13.5 Å². The summed E-state index contributed by atoms with van der Waals surface area (Å²) in [4.78, 5) is 4.09. The fraction of sp³-hybridized carbons (Fsp3) is 0.214. The standard InChI is InChI=1S/C14H15FN2O/c1-10-5-11(8-16-7-10)9-17-14-6-12(18-2)3-4-13(14)15/h3-8,17H,9H2,1-2H3. The minimum atomic E-state index is -0.295. The molecule has 0 fully saturated rings. The molecule has 0 aliphatic carbocycles. The molecule has 1 aromatic carbocycles. The quantitative estimate of drug-likeness (QED) is 0.899. The monoisotopic (exact) mass is 246 g/mol. The molecule has 0 saturated carbocycles. The molecule has 0 aliphatic heterocycles. The van der Waals surface area contributed by atoms with E-state index in [4.69, 9.17) is 4.74 Å². The number of aromatic nitrogens is 1. The van der Waals surface area contributed by atoms with Crippen LogP contribution in [0.3, 0.4) is 0 Å². The maximum atomic E-state index is 13.6. The molecule has 0 amide bonds. The van der Waals surface area contributed by atoms with Crippen LogP contribution in [0.5, 0.6) is 5.75 Å². The number of rotatable bonds is 4. The molecular weight excluding hydrogens is 231 g/mol. The van der Waals surface area contributed by atoms with Crippen LogP contribution >= 0.6 is 0 Å². The molecular formula is C14H15FN2O. The van der Waals surface area contributed by atoms with Crippen LogP contribution in [-0.4, -0.2) is 12.1 Å². The Morgan fingerprint density at radius 3 is 2.83 bits per heavy atom. The van der Waals surface area contributed by atoms with Gasteiger partial charge in [0.1, 0.15) is 11.6 Å². The molecule has 0 bridgehead atoms. The third-order valence-corrected chi connectivity index (χ3v) is 2.59. The molecule has 0 spiro atoms. The van der Waals surface area contributed by atoms with E-state index >= 15 is 0 Å². The third kappa shape index (κ3) is 2.97. The number of halogens is 1. The van der Waals surface area contributed by atoms with Crippen LogP contribution in [0.15, 0.2) is 36.7 Å². The Morgan fingerprint density at radius 1 is 1.28 bits per heavy atom. The van der Waals surface area contributed by atoms with Gasteiger partial charge in [0.05, 0.1) is 12.8 Å².